The van der Waals surface area contributed by atoms with E-state index in [-0.39, 0.29) is 12.1 Å². The van der Waals surface area contributed by atoms with Crippen molar-refractivity contribution in [1.29, 1.82) is 0 Å². The predicted molar refractivity (Wildman–Crippen MR) is 66.8 cm³/mol. The first-order valence-corrected chi connectivity index (χ1v) is 6.11. The van der Waals surface area contributed by atoms with Crippen LogP contribution in [-0.4, -0.2) is 12.6 Å². The molecule has 0 aliphatic rings. The van der Waals surface area contributed by atoms with Crippen LogP contribution >= 0.6 is 15.9 Å². The zero-order valence-corrected chi connectivity index (χ0v) is 10.8. The van der Waals surface area contributed by atoms with Gasteiger partial charge in [-0.25, -0.2) is 0 Å². The molecule has 0 saturated heterocycles. The fourth-order valence-corrected chi connectivity index (χ4v) is 2.05. The average molecular weight is 272 g/mol. The zero-order valence-electron chi connectivity index (χ0n) is 9.24. The number of hydrogen-bond acceptors (Lipinski definition) is 2. The molecule has 2 nitrogen and oxygen atoms in total. The second kappa shape index (κ2) is 6.26. The second-order valence-corrected chi connectivity index (χ2v) is 4.32. The van der Waals surface area contributed by atoms with Gasteiger partial charge in [-0.05, 0) is 25.0 Å². The molecule has 0 spiro atoms. The van der Waals surface area contributed by atoms with Crippen molar-refractivity contribution in [1.82, 2.24) is 0 Å². The van der Waals surface area contributed by atoms with E-state index in [1.54, 1.807) is 0 Å². The summed E-state index contributed by atoms with van der Waals surface area (Å²) in [6.07, 6.45) is 0.891. The minimum absolute atomic E-state index is 0.0180. The molecule has 0 amide bonds. The number of nitrogens with two attached hydrogens (primary N) is 1. The Morgan fingerprint density at radius 1 is 1.33 bits per heavy atom. The molecular formula is C12H18BrNO. The van der Waals surface area contributed by atoms with Gasteiger partial charge in [0.15, 0.2) is 0 Å². The molecule has 0 saturated carbocycles. The maximum Gasteiger partial charge on any atom is 0.0986 e. The Labute approximate surface area is 99.9 Å². The van der Waals surface area contributed by atoms with Crippen LogP contribution in [0.25, 0.3) is 0 Å². The van der Waals surface area contributed by atoms with Gasteiger partial charge in [-0.1, -0.05) is 41.1 Å². The van der Waals surface area contributed by atoms with Crippen molar-refractivity contribution >= 4 is 15.9 Å². The van der Waals surface area contributed by atoms with Crippen LogP contribution in [-0.2, 0) is 4.74 Å². The molecule has 0 radical (unpaired) electrons. The van der Waals surface area contributed by atoms with Crippen molar-refractivity contribution < 1.29 is 4.74 Å². The van der Waals surface area contributed by atoms with Crippen LogP contribution in [0.4, 0.5) is 0 Å². The first-order chi connectivity index (χ1) is 7.20. The van der Waals surface area contributed by atoms with E-state index >= 15 is 0 Å². The first-order valence-electron chi connectivity index (χ1n) is 5.32. The molecule has 3 heteroatoms. The summed E-state index contributed by atoms with van der Waals surface area (Å²) in [5, 5.41) is 0. The Hall–Kier alpha value is -0.380. The molecule has 2 N–H and O–H groups in total. The molecule has 84 valence electrons. The predicted octanol–water partition coefficient (Wildman–Crippen LogP) is 3.26. The van der Waals surface area contributed by atoms with E-state index in [1.807, 2.05) is 25.1 Å². The topological polar surface area (TPSA) is 35.2 Å². The van der Waals surface area contributed by atoms with Crippen LogP contribution in [0.3, 0.4) is 0 Å². The summed E-state index contributed by atoms with van der Waals surface area (Å²) in [4.78, 5) is 0. The number of ether oxygens (including phenoxy) is 1. The molecule has 2 atom stereocenters. The van der Waals surface area contributed by atoms with E-state index < -0.39 is 0 Å². The monoisotopic (exact) mass is 271 g/mol. The molecular weight excluding hydrogens is 254 g/mol. The minimum atomic E-state index is -0.0180. The van der Waals surface area contributed by atoms with E-state index in [0.717, 1.165) is 16.5 Å². The summed E-state index contributed by atoms with van der Waals surface area (Å²) in [5.74, 6) is 0. The van der Waals surface area contributed by atoms with Crippen LogP contribution in [0.15, 0.2) is 28.7 Å². The summed E-state index contributed by atoms with van der Waals surface area (Å²) in [6.45, 7) is 4.75. The van der Waals surface area contributed by atoms with Crippen LogP contribution in [0.2, 0.25) is 0 Å². The number of rotatable bonds is 5. The van der Waals surface area contributed by atoms with Gasteiger partial charge in [0.25, 0.3) is 0 Å². The highest BCUT2D eigenvalue weighted by Gasteiger charge is 2.20. The highest BCUT2D eigenvalue weighted by atomic mass is 79.9. The third kappa shape index (κ3) is 3.30. The smallest absolute Gasteiger partial charge is 0.0986 e. The zero-order chi connectivity index (χ0) is 11.3. The van der Waals surface area contributed by atoms with Crippen molar-refractivity contribution in [3.8, 4) is 0 Å². The first kappa shape index (κ1) is 12.7. The van der Waals surface area contributed by atoms with Gasteiger partial charge in [-0.15, -0.1) is 0 Å². The lowest BCUT2D eigenvalue weighted by atomic mass is 10.0. The summed E-state index contributed by atoms with van der Waals surface area (Å²) in [5.41, 5.74) is 7.19. The van der Waals surface area contributed by atoms with Gasteiger partial charge < -0.3 is 10.5 Å². The van der Waals surface area contributed by atoms with Crippen LogP contribution in [0.1, 0.15) is 31.9 Å². The molecule has 2 unspecified atom stereocenters. The van der Waals surface area contributed by atoms with E-state index in [2.05, 4.69) is 28.9 Å². The van der Waals surface area contributed by atoms with E-state index in [1.165, 1.54) is 0 Å². The highest BCUT2D eigenvalue weighted by Crippen LogP contribution is 2.28. The number of halogens is 1. The van der Waals surface area contributed by atoms with Gasteiger partial charge in [0.2, 0.25) is 0 Å². The molecule has 1 rings (SSSR count). The van der Waals surface area contributed by atoms with Crippen LogP contribution in [0, 0.1) is 0 Å². The maximum absolute atomic E-state index is 6.06. The van der Waals surface area contributed by atoms with Crippen molar-refractivity contribution in [3.63, 3.8) is 0 Å². The second-order valence-electron chi connectivity index (χ2n) is 3.47. The van der Waals surface area contributed by atoms with Gasteiger partial charge in [0.05, 0.1) is 6.10 Å². The van der Waals surface area contributed by atoms with Gasteiger partial charge in [0, 0.05) is 17.1 Å². The number of hydrogen-bond donors (Lipinski definition) is 1. The molecule has 0 heterocycles. The van der Waals surface area contributed by atoms with Gasteiger partial charge in [-0.2, -0.15) is 0 Å². The average Bonchev–Trinajstić information content (AvgIpc) is 2.26. The summed E-state index contributed by atoms with van der Waals surface area (Å²) in [7, 11) is 0. The highest BCUT2D eigenvalue weighted by molar-refractivity contribution is 9.10. The Morgan fingerprint density at radius 3 is 2.53 bits per heavy atom. The Morgan fingerprint density at radius 2 is 2.00 bits per heavy atom. The standard InChI is InChI=1S/C12H18BrNO/c1-3-11(14)12(15-4-2)9-7-5-6-8-10(9)13/h5-8,11-12H,3-4,14H2,1-2H3. The van der Waals surface area contributed by atoms with Crippen molar-refractivity contribution in [3.05, 3.63) is 34.3 Å². The fourth-order valence-electron chi connectivity index (χ4n) is 1.54. The Bertz CT molecular complexity index is 303. The fraction of sp³-hybridized carbons (Fsp3) is 0.500. The third-order valence-electron chi connectivity index (χ3n) is 2.42. The largest absolute Gasteiger partial charge is 0.372 e. The molecule has 0 aliphatic heterocycles. The van der Waals surface area contributed by atoms with Crippen molar-refractivity contribution in [2.24, 2.45) is 5.73 Å². The summed E-state index contributed by atoms with van der Waals surface area (Å²) >= 11 is 3.53. The lowest BCUT2D eigenvalue weighted by molar-refractivity contribution is 0.0419. The van der Waals surface area contributed by atoms with E-state index in [9.17, 15) is 0 Å². The van der Waals surface area contributed by atoms with E-state index in [0.29, 0.717) is 6.61 Å². The molecule has 0 aromatic heterocycles. The van der Waals surface area contributed by atoms with Crippen molar-refractivity contribution in [2.75, 3.05) is 6.61 Å². The van der Waals surface area contributed by atoms with Gasteiger partial charge >= 0.3 is 0 Å². The van der Waals surface area contributed by atoms with Crippen LogP contribution < -0.4 is 5.73 Å². The lowest BCUT2D eigenvalue weighted by Gasteiger charge is -2.24. The van der Waals surface area contributed by atoms with Crippen molar-refractivity contribution in [2.45, 2.75) is 32.4 Å². The summed E-state index contributed by atoms with van der Waals surface area (Å²) < 4.78 is 6.77. The maximum atomic E-state index is 6.06. The third-order valence-corrected chi connectivity index (χ3v) is 3.14. The van der Waals surface area contributed by atoms with Crippen LogP contribution in [0.5, 0.6) is 0 Å². The Balaban J connectivity index is 2.93. The van der Waals surface area contributed by atoms with Gasteiger partial charge in [-0.3, -0.25) is 0 Å². The normalized spacial score (nSPS) is 14.9. The minimum Gasteiger partial charge on any atom is -0.372 e. The van der Waals surface area contributed by atoms with E-state index in [4.69, 9.17) is 10.5 Å². The molecule has 0 fully saturated rings. The molecule has 15 heavy (non-hydrogen) atoms. The molecule has 0 bridgehead atoms. The molecule has 0 aliphatic carbocycles. The molecule has 1 aromatic carbocycles. The Kier molecular flexibility index (Phi) is 5.29. The number of benzene rings is 1. The quantitative estimate of drug-likeness (QED) is 0.892. The SMILES string of the molecule is CCOC(c1ccccc1Br)C(N)CC. The van der Waals surface area contributed by atoms with Gasteiger partial charge in [0.1, 0.15) is 0 Å². The lowest BCUT2D eigenvalue weighted by Crippen LogP contribution is -2.29. The summed E-state index contributed by atoms with van der Waals surface area (Å²) in [6, 6.07) is 8.12. The molecule has 1 aromatic rings.